The molecule has 1 amide bonds. The van der Waals surface area contributed by atoms with E-state index in [1.165, 1.54) is 11.8 Å². The second-order valence-corrected chi connectivity index (χ2v) is 6.95. The van der Waals surface area contributed by atoms with Crippen LogP contribution < -0.4 is 15.4 Å². The number of rotatable bonds is 9. The molecule has 2 N–H and O–H groups in total. The van der Waals surface area contributed by atoms with Crippen LogP contribution in [-0.4, -0.2) is 28.5 Å². The van der Waals surface area contributed by atoms with Crippen LogP contribution in [0.2, 0.25) is 0 Å². The fourth-order valence-electron chi connectivity index (χ4n) is 2.78. The molecule has 3 rings (SSSR count). The van der Waals surface area contributed by atoms with Gasteiger partial charge in [-0.25, -0.2) is 9.97 Å². The second kappa shape index (κ2) is 10.2. The van der Waals surface area contributed by atoms with Crippen LogP contribution in [0, 0.1) is 0 Å². The van der Waals surface area contributed by atoms with Crippen molar-refractivity contribution in [2.75, 3.05) is 11.9 Å². The predicted octanol–water partition coefficient (Wildman–Crippen LogP) is 4.37. The van der Waals surface area contributed by atoms with Crippen molar-refractivity contribution in [2.45, 2.75) is 32.8 Å². The number of carbonyl (C=O) groups is 1. The predicted molar refractivity (Wildman–Crippen MR) is 115 cm³/mol. The normalized spacial score (nSPS) is 10.6. The average Bonchev–Trinajstić information content (AvgIpc) is 2.73. The number of anilines is 2. The fourth-order valence-corrected chi connectivity index (χ4v) is 2.78. The Hall–Kier alpha value is -3.41. The number of carbonyl (C=O) groups excluding carboxylic acids is 1. The minimum absolute atomic E-state index is 0.136. The van der Waals surface area contributed by atoms with E-state index in [-0.39, 0.29) is 12.0 Å². The lowest BCUT2D eigenvalue weighted by Gasteiger charge is -2.11. The maximum Gasteiger partial charge on any atom is 0.271 e. The maximum absolute atomic E-state index is 12.2. The Balaban J connectivity index is 1.45. The first-order chi connectivity index (χ1) is 14.1. The summed E-state index contributed by atoms with van der Waals surface area (Å²) in [4.78, 5) is 20.7. The van der Waals surface area contributed by atoms with Gasteiger partial charge in [0.2, 0.25) is 0 Å². The van der Waals surface area contributed by atoms with Crippen molar-refractivity contribution in [2.24, 2.45) is 0 Å². The Bertz CT molecular complexity index is 894. The van der Waals surface area contributed by atoms with Crippen LogP contribution in [0.3, 0.4) is 0 Å². The van der Waals surface area contributed by atoms with E-state index in [0.717, 1.165) is 24.3 Å². The summed E-state index contributed by atoms with van der Waals surface area (Å²) in [6.07, 6.45) is 4.97. The molecular weight excluding hydrogens is 364 g/mol. The van der Waals surface area contributed by atoms with E-state index in [0.29, 0.717) is 18.1 Å². The van der Waals surface area contributed by atoms with E-state index in [2.05, 4.69) is 32.7 Å². The number of benzene rings is 2. The standard InChI is InChI=1S/C23H26N4O2/c1-17(2)29-20-12-10-19(11-13-20)27-22-16-25-21(15-26-22)23(28)24-14-6-9-18-7-4-3-5-8-18/h3-5,7-8,10-13,15-17H,6,9,14H2,1-2H3,(H,24,28)(H,26,27). The summed E-state index contributed by atoms with van der Waals surface area (Å²) in [6, 6.07) is 17.8. The quantitative estimate of drug-likeness (QED) is 0.531. The summed E-state index contributed by atoms with van der Waals surface area (Å²) >= 11 is 0. The molecule has 0 aliphatic heterocycles. The van der Waals surface area contributed by atoms with Gasteiger partial charge in [-0.05, 0) is 56.5 Å². The van der Waals surface area contributed by atoms with Crippen LogP contribution in [0.15, 0.2) is 67.0 Å². The smallest absolute Gasteiger partial charge is 0.271 e. The number of nitrogens with zero attached hydrogens (tertiary/aromatic N) is 2. The van der Waals surface area contributed by atoms with Crippen LogP contribution in [-0.2, 0) is 6.42 Å². The Kier molecular flexibility index (Phi) is 7.16. The first kappa shape index (κ1) is 20.3. The van der Waals surface area contributed by atoms with Gasteiger partial charge in [0.05, 0.1) is 18.5 Å². The second-order valence-electron chi connectivity index (χ2n) is 6.95. The minimum atomic E-state index is -0.215. The van der Waals surface area contributed by atoms with Crippen molar-refractivity contribution in [1.82, 2.24) is 15.3 Å². The van der Waals surface area contributed by atoms with Gasteiger partial charge in [-0.2, -0.15) is 0 Å². The lowest BCUT2D eigenvalue weighted by Crippen LogP contribution is -2.25. The Morgan fingerprint density at radius 1 is 1.00 bits per heavy atom. The zero-order valence-corrected chi connectivity index (χ0v) is 16.8. The van der Waals surface area contributed by atoms with Gasteiger partial charge in [0.25, 0.3) is 5.91 Å². The van der Waals surface area contributed by atoms with E-state index in [1.807, 2.05) is 56.3 Å². The number of hydrogen-bond acceptors (Lipinski definition) is 5. The molecule has 0 saturated heterocycles. The summed E-state index contributed by atoms with van der Waals surface area (Å²) < 4.78 is 5.63. The van der Waals surface area contributed by atoms with Crippen LogP contribution in [0.25, 0.3) is 0 Å². The molecule has 0 aliphatic rings. The molecule has 0 bridgehead atoms. The number of amides is 1. The van der Waals surface area contributed by atoms with Gasteiger partial charge >= 0.3 is 0 Å². The number of nitrogens with one attached hydrogen (secondary N) is 2. The number of aromatic nitrogens is 2. The molecule has 6 nitrogen and oxygen atoms in total. The van der Waals surface area contributed by atoms with E-state index in [1.54, 1.807) is 6.20 Å². The summed E-state index contributed by atoms with van der Waals surface area (Å²) in [5, 5.41) is 6.04. The Morgan fingerprint density at radius 3 is 2.41 bits per heavy atom. The van der Waals surface area contributed by atoms with Crippen molar-refractivity contribution in [3.63, 3.8) is 0 Å². The molecule has 0 fully saturated rings. The third-order valence-corrected chi connectivity index (χ3v) is 4.15. The minimum Gasteiger partial charge on any atom is -0.491 e. The molecule has 0 aliphatic carbocycles. The van der Waals surface area contributed by atoms with Gasteiger partial charge < -0.3 is 15.4 Å². The monoisotopic (exact) mass is 390 g/mol. The number of aryl methyl sites for hydroxylation is 1. The summed E-state index contributed by atoms with van der Waals surface area (Å²) in [7, 11) is 0. The van der Waals surface area contributed by atoms with Crippen LogP contribution in [0.1, 0.15) is 36.3 Å². The molecule has 0 radical (unpaired) electrons. The largest absolute Gasteiger partial charge is 0.491 e. The van der Waals surface area contributed by atoms with Crippen LogP contribution >= 0.6 is 0 Å². The molecule has 29 heavy (non-hydrogen) atoms. The first-order valence-corrected chi connectivity index (χ1v) is 9.78. The summed E-state index contributed by atoms with van der Waals surface area (Å²) in [5.41, 5.74) is 2.44. The van der Waals surface area contributed by atoms with E-state index in [9.17, 15) is 4.79 Å². The Labute approximate surface area is 171 Å². The molecule has 3 aromatic rings. The molecule has 1 heterocycles. The maximum atomic E-state index is 12.2. The van der Waals surface area contributed by atoms with Crippen molar-refractivity contribution in [3.8, 4) is 5.75 Å². The molecule has 0 atom stereocenters. The van der Waals surface area contributed by atoms with Crippen molar-refractivity contribution >= 4 is 17.4 Å². The third kappa shape index (κ3) is 6.60. The summed E-state index contributed by atoms with van der Waals surface area (Å²) in [6.45, 7) is 4.58. The highest BCUT2D eigenvalue weighted by atomic mass is 16.5. The van der Waals surface area contributed by atoms with Crippen molar-refractivity contribution in [1.29, 1.82) is 0 Å². The van der Waals surface area contributed by atoms with Crippen LogP contribution in [0.5, 0.6) is 5.75 Å². The van der Waals surface area contributed by atoms with Gasteiger partial charge in [-0.1, -0.05) is 30.3 Å². The lowest BCUT2D eigenvalue weighted by atomic mass is 10.1. The number of ether oxygens (including phenoxy) is 1. The molecule has 6 heteroatoms. The summed E-state index contributed by atoms with van der Waals surface area (Å²) in [5.74, 6) is 1.17. The van der Waals surface area contributed by atoms with Gasteiger partial charge in [-0.3, -0.25) is 4.79 Å². The highest BCUT2D eigenvalue weighted by Crippen LogP contribution is 2.19. The van der Waals surface area contributed by atoms with Gasteiger partial charge in [0, 0.05) is 12.2 Å². The topological polar surface area (TPSA) is 76.1 Å². The van der Waals surface area contributed by atoms with E-state index in [4.69, 9.17) is 4.74 Å². The molecular formula is C23H26N4O2. The highest BCUT2D eigenvalue weighted by Gasteiger charge is 2.08. The van der Waals surface area contributed by atoms with Gasteiger partial charge in [0.15, 0.2) is 0 Å². The first-order valence-electron chi connectivity index (χ1n) is 9.78. The number of hydrogen-bond donors (Lipinski definition) is 2. The zero-order valence-electron chi connectivity index (χ0n) is 16.8. The molecule has 1 aromatic heterocycles. The van der Waals surface area contributed by atoms with Crippen LogP contribution in [0.4, 0.5) is 11.5 Å². The molecule has 150 valence electrons. The molecule has 0 saturated carbocycles. The van der Waals surface area contributed by atoms with Gasteiger partial charge in [-0.15, -0.1) is 0 Å². The fraction of sp³-hybridized carbons (Fsp3) is 0.261. The molecule has 0 spiro atoms. The van der Waals surface area contributed by atoms with Gasteiger partial charge in [0.1, 0.15) is 17.3 Å². The average molecular weight is 390 g/mol. The lowest BCUT2D eigenvalue weighted by molar-refractivity contribution is 0.0948. The molecule has 0 unspecified atom stereocenters. The van der Waals surface area contributed by atoms with E-state index >= 15 is 0 Å². The highest BCUT2D eigenvalue weighted by molar-refractivity contribution is 5.92. The van der Waals surface area contributed by atoms with E-state index < -0.39 is 0 Å². The van der Waals surface area contributed by atoms with Crippen molar-refractivity contribution < 1.29 is 9.53 Å². The third-order valence-electron chi connectivity index (χ3n) is 4.15. The Morgan fingerprint density at radius 2 is 1.76 bits per heavy atom. The zero-order chi connectivity index (χ0) is 20.5. The van der Waals surface area contributed by atoms with Crippen molar-refractivity contribution in [3.05, 3.63) is 78.2 Å². The molecule has 2 aromatic carbocycles. The SMILES string of the molecule is CC(C)Oc1ccc(Nc2cnc(C(=O)NCCCc3ccccc3)cn2)cc1.